The number of amides is 1. The van der Waals surface area contributed by atoms with E-state index in [1.165, 1.54) is 24.9 Å². The smallest absolute Gasteiger partial charge is 0.246 e. The fourth-order valence-corrected chi connectivity index (χ4v) is 3.23. The molecule has 0 bridgehead atoms. The summed E-state index contributed by atoms with van der Waals surface area (Å²) in [6.45, 7) is 4.11. The quantitative estimate of drug-likeness (QED) is 0.820. The van der Waals surface area contributed by atoms with E-state index >= 15 is 0 Å². The van der Waals surface area contributed by atoms with E-state index in [0.29, 0.717) is 11.4 Å². The summed E-state index contributed by atoms with van der Waals surface area (Å²) in [5.41, 5.74) is 2.86. The Morgan fingerprint density at radius 2 is 1.73 bits per heavy atom. The summed E-state index contributed by atoms with van der Waals surface area (Å²) in [7, 11) is 1.59. The Hall–Kier alpha value is -2.69. The Morgan fingerprint density at radius 1 is 1.04 bits per heavy atom. The standard InChI is InChI=1S/C21H27N3O2/c1-16(21(25)23-19-8-4-5-9-20(19)26-2)22-17-10-12-18(13-11-17)24-14-6-3-7-15-24/h4-5,8-13,16,22H,3,6-7,14-15H2,1-2H3,(H,23,25). The van der Waals surface area contributed by atoms with E-state index in [-0.39, 0.29) is 11.9 Å². The van der Waals surface area contributed by atoms with Gasteiger partial charge in [-0.3, -0.25) is 4.79 Å². The van der Waals surface area contributed by atoms with Crippen LogP contribution in [0.4, 0.5) is 17.1 Å². The van der Waals surface area contributed by atoms with Crippen molar-refractivity contribution in [3.63, 3.8) is 0 Å². The third kappa shape index (κ3) is 4.48. The van der Waals surface area contributed by atoms with Crippen molar-refractivity contribution in [1.29, 1.82) is 0 Å². The maximum Gasteiger partial charge on any atom is 0.246 e. The van der Waals surface area contributed by atoms with Gasteiger partial charge in [-0.05, 0) is 62.6 Å². The van der Waals surface area contributed by atoms with Crippen LogP contribution < -0.4 is 20.3 Å². The van der Waals surface area contributed by atoms with Gasteiger partial charge in [0.1, 0.15) is 11.8 Å². The second-order valence-electron chi connectivity index (χ2n) is 6.65. The number of piperidine rings is 1. The van der Waals surface area contributed by atoms with Gasteiger partial charge in [-0.1, -0.05) is 12.1 Å². The first-order chi connectivity index (χ1) is 12.7. The summed E-state index contributed by atoms with van der Waals surface area (Å²) >= 11 is 0. The largest absolute Gasteiger partial charge is 0.495 e. The molecule has 0 saturated carbocycles. The first-order valence-electron chi connectivity index (χ1n) is 9.23. The number of hydrogen-bond donors (Lipinski definition) is 2. The Balaban J connectivity index is 1.58. The van der Waals surface area contributed by atoms with Gasteiger partial charge < -0.3 is 20.3 Å². The van der Waals surface area contributed by atoms with Crippen LogP contribution in [0, 0.1) is 0 Å². The van der Waals surface area contributed by atoms with Crippen LogP contribution >= 0.6 is 0 Å². The zero-order chi connectivity index (χ0) is 18.4. The van der Waals surface area contributed by atoms with E-state index in [2.05, 4.69) is 27.7 Å². The van der Waals surface area contributed by atoms with Crippen LogP contribution in [-0.4, -0.2) is 32.1 Å². The molecule has 1 saturated heterocycles. The molecule has 0 spiro atoms. The third-order valence-electron chi connectivity index (χ3n) is 4.73. The molecule has 0 aromatic heterocycles. The van der Waals surface area contributed by atoms with Crippen molar-refractivity contribution in [3.05, 3.63) is 48.5 Å². The third-order valence-corrected chi connectivity index (χ3v) is 4.73. The molecule has 1 aliphatic rings. The molecular formula is C21H27N3O2. The molecule has 2 aromatic carbocycles. The molecule has 138 valence electrons. The molecule has 1 aliphatic heterocycles. The van der Waals surface area contributed by atoms with Crippen molar-refractivity contribution < 1.29 is 9.53 Å². The van der Waals surface area contributed by atoms with E-state index in [4.69, 9.17) is 4.74 Å². The number of anilines is 3. The molecule has 5 nitrogen and oxygen atoms in total. The highest BCUT2D eigenvalue weighted by molar-refractivity contribution is 5.97. The number of carbonyl (C=O) groups is 1. The molecule has 1 heterocycles. The monoisotopic (exact) mass is 353 g/mol. The van der Waals surface area contributed by atoms with E-state index in [1.807, 2.05) is 43.3 Å². The Bertz CT molecular complexity index is 724. The number of methoxy groups -OCH3 is 1. The van der Waals surface area contributed by atoms with Gasteiger partial charge in [-0.15, -0.1) is 0 Å². The van der Waals surface area contributed by atoms with E-state index < -0.39 is 0 Å². The number of nitrogens with zero attached hydrogens (tertiary/aromatic N) is 1. The second kappa shape index (κ2) is 8.61. The zero-order valence-corrected chi connectivity index (χ0v) is 15.5. The molecule has 2 N–H and O–H groups in total. The highest BCUT2D eigenvalue weighted by Gasteiger charge is 2.15. The number of hydrogen-bond acceptors (Lipinski definition) is 4. The molecular weight excluding hydrogens is 326 g/mol. The summed E-state index contributed by atoms with van der Waals surface area (Å²) < 4.78 is 5.28. The van der Waals surface area contributed by atoms with E-state index in [0.717, 1.165) is 18.8 Å². The number of ether oxygens (including phenoxy) is 1. The number of carbonyl (C=O) groups excluding carboxylic acids is 1. The Labute approximate surface area is 155 Å². The van der Waals surface area contributed by atoms with E-state index in [9.17, 15) is 4.79 Å². The molecule has 1 amide bonds. The van der Waals surface area contributed by atoms with Crippen LogP contribution in [0.5, 0.6) is 5.75 Å². The molecule has 0 radical (unpaired) electrons. The maximum absolute atomic E-state index is 12.5. The number of para-hydroxylation sites is 2. The molecule has 3 rings (SSSR count). The minimum Gasteiger partial charge on any atom is -0.495 e. The topological polar surface area (TPSA) is 53.6 Å². The predicted molar refractivity (Wildman–Crippen MR) is 107 cm³/mol. The van der Waals surface area contributed by atoms with Gasteiger partial charge in [0.2, 0.25) is 5.91 Å². The molecule has 1 unspecified atom stereocenters. The van der Waals surface area contributed by atoms with Crippen molar-refractivity contribution >= 4 is 23.0 Å². The van der Waals surface area contributed by atoms with Crippen molar-refractivity contribution in [2.24, 2.45) is 0 Å². The lowest BCUT2D eigenvalue weighted by atomic mass is 10.1. The van der Waals surface area contributed by atoms with Crippen molar-refractivity contribution in [2.75, 3.05) is 35.7 Å². The number of benzene rings is 2. The van der Waals surface area contributed by atoms with Gasteiger partial charge >= 0.3 is 0 Å². The lowest BCUT2D eigenvalue weighted by Gasteiger charge is -2.29. The molecule has 5 heteroatoms. The minimum absolute atomic E-state index is 0.102. The SMILES string of the molecule is COc1ccccc1NC(=O)C(C)Nc1ccc(N2CCCCC2)cc1. The van der Waals surface area contributed by atoms with Crippen molar-refractivity contribution in [1.82, 2.24) is 0 Å². The predicted octanol–water partition coefficient (Wildman–Crippen LogP) is 4.12. The normalized spacial score (nSPS) is 15.2. The first-order valence-corrected chi connectivity index (χ1v) is 9.23. The van der Waals surface area contributed by atoms with Gasteiger partial charge in [-0.2, -0.15) is 0 Å². The minimum atomic E-state index is -0.360. The lowest BCUT2D eigenvalue weighted by molar-refractivity contribution is -0.116. The number of rotatable bonds is 6. The average molecular weight is 353 g/mol. The van der Waals surface area contributed by atoms with Crippen LogP contribution in [0.15, 0.2) is 48.5 Å². The van der Waals surface area contributed by atoms with Crippen LogP contribution in [0.1, 0.15) is 26.2 Å². The molecule has 1 fully saturated rings. The summed E-state index contributed by atoms with van der Waals surface area (Å²) in [5, 5.41) is 6.17. The van der Waals surface area contributed by atoms with Crippen LogP contribution in [0.2, 0.25) is 0 Å². The Kier molecular flexibility index (Phi) is 6.00. The summed E-state index contributed by atoms with van der Waals surface area (Å²) in [5.74, 6) is 0.550. The maximum atomic E-state index is 12.5. The lowest BCUT2D eigenvalue weighted by Crippen LogP contribution is -2.32. The van der Waals surface area contributed by atoms with Gasteiger partial charge in [0.05, 0.1) is 12.8 Å². The highest BCUT2D eigenvalue weighted by atomic mass is 16.5. The fraction of sp³-hybridized carbons (Fsp3) is 0.381. The zero-order valence-electron chi connectivity index (χ0n) is 15.5. The van der Waals surface area contributed by atoms with Crippen LogP contribution in [-0.2, 0) is 4.79 Å². The van der Waals surface area contributed by atoms with Gasteiger partial charge in [0.15, 0.2) is 0 Å². The summed E-state index contributed by atoms with van der Waals surface area (Å²) in [6.07, 6.45) is 3.86. The average Bonchev–Trinajstić information content (AvgIpc) is 2.69. The van der Waals surface area contributed by atoms with Gasteiger partial charge in [0, 0.05) is 24.5 Å². The first kappa shape index (κ1) is 18.1. The summed E-state index contributed by atoms with van der Waals surface area (Å²) in [6, 6.07) is 15.4. The Morgan fingerprint density at radius 3 is 2.42 bits per heavy atom. The summed E-state index contributed by atoms with van der Waals surface area (Å²) in [4.78, 5) is 14.9. The highest BCUT2D eigenvalue weighted by Crippen LogP contribution is 2.24. The molecule has 0 aliphatic carbocycles. The second-order valence-corrected chi connectivity index (χ2v) is 6.65. The molecule has 1 atom stereocenters. The van der Waals surface area contributed by atoms with Crippen LogP contribution in [0.3, 0.4) is 0 Å². The van der Waals surface area contributed by atoms with Gasteiger partial charge in [0.25, 0.3) is 0 Å². The van der Waals surface area contributed by atoms with E-state index in [1.54, 1.807) is 7.11 Å². The van der Waals surface area contributed by atoms with Gasteiger partial charge in [-0.25, -0.2) is 0 Å². The van der Waals surface area contributed by atoms with Crippen LogP contribution in [0.25, 0.3) is 0 Å². The molecule has 26 heavy (non-hydrogen) atoms. The number of nitrogens with one attached hydrogen (secondary N) is 2. The fourth-order valence-electron chi connectivity index (χ4n) is 3.23. The van der Waals surface area contributed by atoms with Crippen molar-refractivity contribution in [2.45, 2.75) is 32.2 Å². The molecule has 2 aromatic rings. The van der Waals surface area contributed by atoms with Crippen molar-refractivity contribution in [3.8, 4) is 5.75 Å².